The summed E-state index contributed by atoms with van der Waals surface area (Å²) in [6.45, 7) is 2.43. The maximum Gasteiger partial charge on any atom is 0.329 e. The first-order valence-corrected chi connectivity index (χ1v) is 2.97. The molecule has 0 aromatic carbocycles. The minimum atomic E-state index is -0.517. The van der Waals surface area contributed by atoms with Crippen LogP contribution in [0, 0.1) is 12.1 Å². The number of carbonyl (C=O) groups is 2. The highest BCUT2D eigenvalue weighted by Gasteiger charge is 1.86. The standard InChI is InChI=1S/C6H8N2O4/c1-5(9)11-7-3-4-8-12-6(2)10/h7-8H,1-2H3. The molecule has 0 aromatic heterocycles. The summed E-state index contributed by atoms with van der Waals surface area (Å²) < 4.78 is 0. The van der Waals surface area contributed by atoms with Crippen molar-refractivity contribution in [3.63, 3.8) is 0 Å². The SMILES string of the molecule is CC(=O)ONC#CNOC(C)=O. The van der Waals surface area contributed by atoms with Crippen molar-refractivity contribution in [2.45, 2.75) is 13.8 Å². The van der Waals surface area contributed by atoms with E-state index in [-0.39, 0.29) is 0 Å². The van der Waals surface area contributed by atoms with Gasteiger partial charge < -0.3 is 9.68 Å². The molecule has 66 valence electrons. The summed E-state index contributed by atoms with van der Waals surface area (Å²) in [5.41, 5.74) is 3.99. The van der Waals surface area contributed by atoms with Gasteiger partial charge >= 0.3 is 11.9 Å². The third-order valence-corrected chi connectivity index (χ3v) is 0.554. The molecule has 2 N–H and O–H groups in total. The summed E-state index contributed by atoms with van der Waals surface area (Å²) in [6, 6.07) is 4.28. The first kappa shape index (κ1) is 10.1. The lowest BCUT2D eigenvalue weighted by Gasteiger charge is -1.94. The van der Waals surface area contributed by atoms with E-state index in [0.29, 0.717) is 0 Å². The Bertz CT molecular complexity index is 205. The second-order valence-electron chi connectivity index (χ2n) is 1.64. The van der Waals surface area contributed by atoms with Crippen LogP contribution in [0.2, 0.25) is 0 Å². The molecule has 0 unspecified atom stereocenters. The predicted octanol–water partition coefficient (Wildman–Crippen LogP) is -0.960. The quantitative estimate of drug-likeness (QED) is 0.317. The summed E-state index contributed by atoms with van der Waals surface area (Å²) in [6.07, 6.45) is 0. The Labute approximate surface area is 69.1 Å². The Morgan fingerprint density at radius 2 is 1.33 bits per heavy atom. The van der Waals surface area contributed by atoms with E-state index in [1.807, 2.05) is 11.0 Å². The van der Waals surface area contributed by atoms with Crippen LogP contribution in [0.1, 0.15) is 13.8 Å². The molecule has 0 aliphatic heterocycles. The van der Waals surface area contributed by atoms with E-state index >= 15 is 0 Å². The van der Waals surface area contributed by atoms with Gasteiger partial charge in [0, 0.05) is 13.8 Å². The number of nitrogens with one attached hydrogen (secondary N) is 2. The van der Waals surface area contributed by atoms with Gasteiger partial charge in [0.15, 0.2) is 0 Å². The molecule has 6 heteroatoms. The van der Waals surface area contributed by atoms with Gasteiger partial charge in [0.25, 0.3) is 0 Å². The Morgan fingerprint density at radius 1 is 1.00 bits per heavy atom. The summed E-state index contributed by atoms with van der Waals surface area (Å²) in [7, 11) is 0. The normalized spacial score (nSPS) is 7.17. The van der Waals surface area contributed by atoms with E-state index in [1.54, 1.807) is 0 Å². The zero-order chi connectivity index (χ0) is 9.40. The smallest absolute Gasteiger partial charge is 0.329 e. The van der Waals surface area contributed by atoms with Crippen LogP contribution in [0.4, 0.5) is 0 Å². The van der Waals surface area contributed by atoms with Crippen molar-refractivity contribution in [1.82, 2.24) is 11.0 Å². The van der Waals surface area contributed by atoms with Gasteiger partial charge in [-0.2, -0.15) is 11.0 Å². The fourth-order valence-corrected chi connectivity index (χ4v) is 0.246. The molecule has 0 amide bonds. The molecular formula is C6H8N2O4. The van der Waals surface area contributed by atoms with E-state index in [0.717, 1.165) is 0 Å². The molecule has 0 spiro atoms. The van der Waals surface area contributed by atoms with Crippen molar-refractivity contribution in [2.24, 2.45) is 0 Å². The molecule has 0 saturated carbocycles. The minimum Gasteiger partial charge on any atom is -0.336 e. The fourth-order valence-electron chi connectivity index (χ4n) is 0.246. The Morgan fingerprint density at radius 3 is 1.58 bits per heavy atom. The van der Waals surface area contributed by atoms with Crippen molar-refractivity contribution in [3.05, 3.63) is 0 Å². The number of carbonyl (C=O) groups excluding carboxylic acids is 2. The summed E-state index contributed by atoms with van der Waals surface area (Å²) >= 11 is 0. The topological polar surface area (TPSA) is 76.7 Å². The highest BCUT2D eigenvalue weighted by molar-refractivity contribution is 5.66. The molecule has 0 aromatic rings. The van der Waals surface area contributed by atoms with E-state index in [2.05, 4.69) is 21.8 Å². The average Bonchev–Trinajstić information content (AvgIpc) is 1.95. The molecule has 0 rings (SSSR count). The Balaban J connectivity index is 3.35. The van der Waals surface area contributed by atoms with E-state index in [1.165, 1.54) is 13.8 Å². The number of hydrogen-bond donors (Lipinski definition) is 2. The van der Waals surface area contributed by atoms with Crippen molar-refractivity contribution in [3.8, 4) is 12.1 Å². The lowest BCUT2D eigenvalue weighted by atomic mass is 10.8. The van der Waals surface area contributed by atoms with Gasteiger partial charge in [0.1, 0.15) is 0 Å². The first-order valence-electron chi connectivity index (χ1n) is 2.97. The second kappa shape index (κ2) is 5.85. The maximum atomic E-state index is 10.1. The second-order valence-corrected chi connectivity index (χ2v) is 1.64. The van der Waals surface area contributed by atoms with Crippen LogP contribution >= 0.6 is 0 Å². The minimum absolute atomic E-state index is 0.517. The third kappa shape index (κ3) is 8.10. The molecule has 0 heterocycles. The van der Waals surface area contributed by atoms with E-state index in [4.69, 9.17) is 0 Å². The summed E-state index contributed by atoms with van der Waals surface area (Å²) in [5.74, 6) is -1.03. The fraction of sp³-hybridized carbons (Fsp3) is 0.333. The van der Waals surface area contributed by atoms with Gasteiger partial charge in [-0.1, -0.05) is 0 Å². The molecular weight excluding hydrogens is 164 g/mol. The molecule has 0 fully saturated rings. The number of rotatable bonds is 2. The van der Waals surface area contributed by atoms with Crippen LogP contribution in [0.25, 0.3) is 0 Å². The van der Waals surface area contributed by atoms with E-state index < -0.39 is 11.9 Å². The summed E-state index contributed by atoms with van der Waals surface area (Å²) in [5, 5.41) is 0. The van der Waals surface area contributed by atoms with Gasteiger partial charge in [0.05, 0.1) is 12.1 Å². The van der Waals surface area contributed by atoms with Crippen LogP contribution < -0.4 is 11.0 Å². The predicted molar refractivity (Wildman–Crippen MR) is 37.6 cm³/mol. The maximum absolute atomic E-state index is 10.1. The van der Waals surface area contributed by atoms with Crippen LogP contribution in [0.15, 0.2) is 0 Å². The van der Waals surface area contributed by atoms with Gasteiger partial charge in [-0.3, -0.25) is 0 Å². The van der Waals surface area contributed by atoms with Crippen molar-refractivity contribution in [2.75, 3.05) is 0 Å². The zero-order valence-corrected chi connectivity index (χ0v) is 6.63. The Kier molecular flexibility index (Phi) is 4.93. The average molecular weight is 172 g/mol. The zero-order valence-electron chi connectivity index (χ0n) is 6.63. The Hall–Kier alpha value is -1.90. The molecule has 6 nitrogen and oxygen atoms in total. The van der Waals surface area contributed by atoms with E-state index in [9.17, 15) is 9.59 Å². The molecule has 0 radical (unpaired) electrons. The van der Waals surface area contributed by atoms with Gasteiger partial charge in [-0.25, -0.2) is 9.59 Å². The molecule has 12 heavy (non-hydrogen) atoms. The van der Waals surface area contributed by atoms with Crippen LogP contribution in [-0.4, -0.2) is 11.9 Å². The highest BCUT2D eigenvalue weighted by atomic mass is 16.7. The number of hydrogen-bond acceptors (Lipinski definition) is 6. The van der Waals surface area contributed by atoms with Gasteiger partial charge in [0.2, 0.25) is 0 Å². The molecule has 0 saturated heterocycles. The van der Waals surface area contributed by atoms with Crippen molar-refractivity contribution in [1.29, 1.82) is 0 Å². The largest absolute Gasteiger partial charge is 0.336 e. The van der Waals surface area contributed by atoms with Gasteiger partial charge in [-0.05, 0) is 0 Å². The van der Waals surface area contributed by atoms with Crippen LogP contribution in [-0.2, 0) is 19.3 Å². The lowest BCUT2D eigenvalue weighted by molar-refractivity contribution is -0.147. The third-order valence-electron chi connectivity index (χ3n) is 0.554. The van der Waals surface area contributed by atoms with Gasteiger partial charge in [-0.15, -0.1) is 0 Å². The lowest BCUT2D eigenvalue weighted by Crippen LogP contribution is -2.15. The monoisotopic (exact) mass is 172 g/mol. The first-order chi connectivity index (χ1) is 5.63. The molecule has 0 atom stereocenters. The highest BCUT2D eigenvalue weighted by Crippen LogP contribution is 1.66. The van der Waals surface area contributed by atoms with Crippen LogP contribution in [0.5, 0.6) is 0 Å². The van der Waals surface area contributed by atoms with Crippen LogP contribution in [0.3, 0.4) is 0 Å². The summed E-state index contributed by atoms with van der Waals surface area (Å²) in [4.78, 5) is 28.7. The number of hydroxylamine groups is 2. The molecule has 0 aliphatic rings. The molecule has 0 aliphatic carbocycles. The van der Waals surface area contributed by atoms with Crippen molar-refractivity contribution >= 4 is 11.9 Å². The van der Waals surface area contributed by atoms with Crippen molar-refractivity contribution < 1.29 is 19.3 Å². The molecule has 0 bridgehead atoms.